The van der Waals surface area contributed by atoms with Crippen LogP contribution in [0.15, 0.2) is 29.8 Å². The molecule has 3 amide bonds. The number of nitrogens with zero attached hydrogens (tertiary/aromatic N) is 1. The standard InChI is InChI=1S/C27H38IN3O6/c1-15-9-16(2)11-18(4)37-27(36)19(5)30-26(35)22(13-20-7-8-23(32)21(28)12-20)31(6)24(33)14-29-25(34)17(3)10-15/h7-9,12,16-19,22,32H,10-11,13-14H2,1-6H3,(H,29,34)(H,30,35)/b15-9+/t16-,17-,18-,19-,22+/m0/s1. The fourth-order valence-electron chi connectivity index (χ4n) is 4.38. The molecule has 10 heteroatoms. The molecule has 204 valence electrons. The first-order valence-corrected chi connectivity index (χ1v) is 13.5. The summed E-state index contributed by atoms with van der Waals surface area (Å²) in [4.78, 5) is 52.9. The van der Waals surface area contributed by atoms with Crippen LogP contribution in [0.2, 0.25) is 0 Å². The van der Waals surface area contributed by atoms with Crippen molar-refractivity contribution in [3.8, 4) is 5.75 Å². The molecule has 1 aliphatic heterocycles. The predicted molar refractivity (Wildman–Crippen MR) is 149 cm³/mol. The lowest BCUT2D eigenvalue weighted by molar-refractivity contribution is -0.153. The first kappa shape index (κ1) is 30.6. The van der Waals surface area contributed by atoms with E-state index in [1.54, 1.807) is 26.0 Å². The highest BCUT2D eigenvalue weighted by atomic mass is 127. The molecule has 0 unspecified atom stereocenters. The molecule has 0 bridgehead atoms. The molecule has 0 saturated carbocycles. The zero-order valence-corrected chi connectivity index (χ0v) is 24.5. The number of phenolic OH excluding ortho intramolecular Hbond substituents is 1. The van der Waals surface area contributed by atoms with Crippen LogP contribution in [0.25, 0.3) is 0 Å². The van der Waals surface area contributed by atoms with Gasteiger partial charge >= 0.3 is 5.97 Å². The summed E-state index contributed by atoms with van der Waals surface area (Å²) in [5, 5.41) is 15.2. The molecule has 0 aromatic heterocycles. The van der Waals surface area contributed by atoms with Gasteiger partial charge in [0.2, 0.25) is 17.7 Å². The number of carbonyl (C=O) groups is 4. The molecule has 1 aliphatic rings. The van der Waals surface area contributed by atoms with Crippen molar-refractivity contribution in [3.05, 3.63) is 39.0 Å². The van der Waals surface area contributed by atoms with Crippen molar-refractivity contribution in [1.29, 1.82) is 0 Å². The molecule has 3 N–H and O–H groups in total. The monoisotopic (exact) mass is 627 g/mol. The Kier molecular flexibility index (Phi) is 11.4. The average Bonchev–Trinajstić information content (AvgIpc) is 2.81. The highest BCUT2D eigenvalue weighted by molar-refractivity contribution is 14.1. The van der Waals surface area contributed by atoms with Crippen LogP contribution in [-0.4, -0.2) is 65.5 Å². The number of hydrogen-bond acceptors (Lipinski definition) is 6. The summed E-state index contributed by atoms with van der Waals surface area (Å²) in [5.74, 6) is -1.87. The van der Waals surface area contributed by atoms with Gasteiger partial charge in [0.1, 0.15) is 17.8 Å². The van der Waals surface area contributed by atoms with Crippen molar-refractivity contribution in [2.24, 2.45) is 11.8 Å². The van der Waals surface area contributed by atoms with Gasteiger partial charge in [-0.25, -0.2) is 4.79 Å². The largest absolute Gasteiger partial charge is 0.507 e. The lowest BCUT2D eigenvalue weighted by Crippen LogP contribution is -2.54. The normalized spacial score (nSPS) is 28.8. The lowest BCUT2D eigenvalue weighted by atomic mass is 9.96. The number of esters is 1. The van der Waals surface area contributed by atoms with Crippen LogP contribution in [0, 0.1) is 15.4 Å². The summed E-state index contributed by atoms with van der Waals surface area (Å²) in [5.41, 5.74) is 1.77. The Morgan fingerprint density at radius 1 is 1.11 bits per heavy atom. The zero-order chi connectivity index (χ0) is 27.9. The van der Waals surface area contributed by atoms with Gasteiger partial charge in [0, 0.05) is 19.4 Å². The molecule has 0 spiro atoms. The minimum atomic E-state index is -0.959. The minimum absolute atomic E-state index is 0.115. The summed E-state index contributed by atoms with van der Waals surface area (Å²) in [6, 6.07) is 3.05. The summed E-state index contributed by atoms with van der Waals surface area (Å²) in [7, 11) is 1.49. The Morgan fingerprint density at radius 2 is 1.78 bits per heavy atom. The third-order valence-electron chi connectivity index (χ3n) is 6.40. The van der Waals surface area contributed by atoms with Gasteiger partial charge in [-0.3, -0.25) is 14.4 Å². The van der Waals surface area contributed by atoms with E-state index in [0.717, 1.165) is 11.1 Å². The first-order valence-electron chi connectivity index (χ1n) is 12.5. The molecule has 1 heterocycles. The highest BCUT2D eigenvalue weighted by Crippen LogP contribution is 2.22. The van der Waals surface area contributed by atoms with Gasteiger partial charge in [-0.05, 0) is 79.8 Å². The van der Waals surface area contributed by atoms with E-state index in [1.165, 1.54) is 18.0 Å². The molecule has 37 heavy (non-hydrogen) atoms. The number of halogens is 1. The number of allylic oxidation sites excluding steroid dienone is 2. The SMILES string of the molecule is C/C1=C\[C@H](C)C[C@H](C)OC(=O)[C@H](C)NC(=O)[C@@H](Cc2ccc(O)c(I)c2)N(C)C(=O)CNC(=O)[C@@H](C)C1. The van der Waals surface area contributed by atoms with E-state index in [4.69, 9.17) is 4.74 Å². The Morgan fingerprint density at radius 3 is 2.43 bits per heavy atom. The molecule has 1 aromatic rings. The molecule has 9 nitrogen and oxygen atoms in total. The third-order valence-corrected chi connectivity index (χ3v) is 7.26. The third kappa shape index (κ3) is 9.32. The minimum Gasteiger partial charge on any atom is -0.507 e. The molecule has 0 aliphatic carbocycles. The maximum Gasteiger partial charge on any atom is 0.328 e. The van der Waals surface area contributed by atoms with Gasteiger partial charge in [-0.2, -0.15) is 0 Å². The van der Waals surface area contributed by atoms with E-state index >= 15 is 0 Å². The number of rotatable bonds is 2. The number of ether oxygens (including phenoxy) is 1. The van der Waals surface area contributed by atoms with Gasteiger partial charge in [-0.1, -0.05) is 31.6 Å². The van der Waals surface area contributed by atoms with Gasteiger partial charge < -0.3 is 25.4 Å². The Hall–Kier alpha value is -2.63. The maximum absolute atomic E-state index is 13.3. The number of carbonyl (C=O) groups excluding carboxylic acids is 4. The van der Waals surface area contributed by atoms with E-state index in [0.29, 0.717) is 16.4 Å². The predicted octanol–water partition coefficient (Wildman–Crippen LogP) is 2.93. The molecule has 0 radical (unpaired) electrons. The van der Waals surface area contributed by atoms with E-state index in [1.807, 2.05) is 43.4 Å². The van der Waals surface area contributed by atoms with Crippen LogP contribution >= 0.6 is 22.6 Å². The van der Waals surface area contributed by atoms with E-state index in [9.17, 15) is 24.3 Å². The zero-order valence-electron chi connectivity index (χ0n) is 22.3. The summed E-state index contributed by atoms with van der Waals surface area (Å²) in [6.07, 6.45) is 2.98. The van der Waals surface area contributed by atoms with Gasteiger partial charge in [0.15, 0.2) is 0 Å². The van der Waals surface area contributed by atoms with Crippen LogP contribution in [-0.2, 0) is 30.3 Å². The number of cyclic esters (lactones) is 1. The number of benzene rings is 1. The van der Waals surface area contributed by atoms with Crippen LogP contribution in [0.1, 0.15) is 53.0 Å². The second-order valence-corrected chi connectivity index (χ2v) is 11.2. The van der Waals surface area contributed by atoms with Crippen molar-refractivity contribution in [2.45, 2.75) is 72.1 Å². The van der Waals surface area contributed by atoms with Crippen LogP contribution in [0.4, 0.5) is 0 Å². The number of amides is 3. The Labute approximate surface area is 232 Å². The molecular weight excluding hydrogens is 589 g/mol. The number of aromatic hydroxyl groups is 1. The van der Waals surface area contributed by atoms with Gasteiger partial charge in [0.25, 0.3) is 0 Å². The molecule has 1 aromatic carbocycles. The van der Waals surface area contributed by atoms with E-state index in [2.05, 4.69) is 16.7 Å². The first-order chi connectivity index (χ1) is 17.3. The molecule has 0 fully saturated rings. The smallest absolute Gasteiger partial charge is 0.328 e. The fraction of sp³-hybridized carbons (Fsp3) is 0.556. The summed E-state index contributed by atoms with van der Waals surface area (Å²) < 4.78 is 6.18. The fourth-order valence-corrected chi connectivity index (χ4v) is 4.96. The van der Waals surface area contributed by atoms with Crippen molar-refractivity contribution in [1.82, 2.24) is 15.5 Å². The van der Waals surface area contributed by atoms with Crippen molar-refractivity contribution in [3.63, 3.8) is 0 Å². The second kappa shape index (κ2) is 13.8. The van der Waals surface area contributed by atoms with Gasteiger partial charge in [-0.15, -0.1) is 0 Å². The molecular formula is C27H38IN3O6. The summed E-state index contributed by atoms with van der Waals surface area (Å²) >= 11 is 1.99. The Bertz CT molecular complexity index is 1040. The average molecular weight is 628 g/mol. The number of likely N-dealkylation sites (N-methyl/N-ethyl adjacent to an activating group) is 1. The number of hydrogen-bond donors (Lipinski definition) is 3. The van der Waals surface area contributed by atoms with Crippen LogP contribution < -0.4 is 10.6 Å². The van der Waals surface area contributed by atoms with Gasteiger partial charge in [0.05, 0.1) is 16.2 Å². The van der Waals surface area contributed by atoms with Crippen molar-refractivity contribution < 1.29 is 29.0 Å². The van der Waals surface area contributed by atoms with Crippen LogP contribution in [0.5, 0.6) is 5.75 Å². The number of nitrogens with one attached hydrogen (secondary N) is 2. The highest BCUT2D eigenvalue weighted by Gasteiger charge is 2.31. The Balaban J connectivity index is 2.34. The molecule has 0 saturated heterocycles. The second-order valence-electron chi connectivity index (χ2n) is 10.0. The number of phenols is 1. The van der Waals surface area contributed by atoms with Crippen molar-refractivity contribution in [2.75, 3.05) is 13.6 Å². The van der Waals surface area contributed by atoms with E-state index < -0.39 is 29.9 Å². The topological polar surface area (TPSA) is 125 Å². The molecule has 2 rings (SSSR count). The summed E-state index contributed by atoms with van der Waals surface area (Å²) in [6.45, 7) is 8.88. The molecule has 5 atom stereocenters. The van der Waals surface area contributed by atoms with Crippen LogP contribution in [0.3, 0.4) is 0 Å². The van der Waals surface area contributed by atoms with Crippen molar-refractivity contribution >= 4 is 46.3 Å². The quantitative estimate of drug-likeness (QED) is 0.263. The lowest BCUT2D eigenvalue weighted by Gasteiger charge is -2.29. The maximum atomic E-state index is 13.3. The van der Waals surface area contributed by atoms with E-state index in [-0.39, 0.29) is 42.6 Å².